The quantitative estimate of drug-likeness (QED) is 0.613. The van der Waals surface area contributed by atoms with Crippen molar-refractivity contribution < 1.29 is 9.32 Å². The van der Waals surface area contributed by atoms with Gasteiger partial charge in [-0.2, -0.15) is 0 Å². The van der Waals surface area contributed by atoms with Crippen LogP contribution in [0.5, 0.6) is 0 Å². The van der Waals surface area contributed by atoms with Crippen molar-refractivity contribution in [2.75, 3.05) is 11.1 Å². The average Bonchev–Trinajstić information content (AvgIpc) is 2.95. The smallest absolute Gasteiger partial charge is 0.260 e. The van der Waals surface area contributed by atoms with E-state index in [9.17, 15) is 4.79 Å². The molecule has 0 bridgehead atoms. The Morgan fingerprint density at radius 3 is 3.00 bits per heavy atom. The van der Waals surface area contributed by atoms with Crippen LogP contribution in [0.2, 0.25) is 0 Å². The number of hydrogen-bond donors (Lipinski definition) is 3. The summed E-state index contributed by atoms with van der Waals surface area (Å²) in [5.74, 6) is 0.0498. The maximum atomic E-state index is 12.2. The van der Waals surface area contributed by atoms with Gasteiger partial charge in [0.05, 0.1) is 11.3 Å². The molecule has 4 N–H and O–H groups in total. The standard InChI is InChI=1S/C13H12N4O2/c1-7-4-12(19-17-7)16-13(18)10-6-15-11-3-2-8(14)5-9(10)11/h2-6,15H,14H2,1H3,(H,16,18). The van der Waals surface area contributed by atoms with E-state index in [1.165, 1.54) is 0 Å². The topological polar surface area (TPSA) is 96.9 Å². The van der Waals surface area contributed by atoms with Gasteiger partial charge in [0.1, 0.15) is 0 Å². The van der Waals surface area contributed by atoms with Crippen LogP contribution in [0, 0.1) is 6.92 Å². The molecule has 19 heavy (non-hydrogen) atoms. The third-order valence-electron chi connectivity index (χ3n) is 2.82. The molecule has 0 unspecified atom stereocenters. The van der Waals surface area contributed by atoms with Gasteiger partial charge in [-0.05, 0) is 25.1 Å². The Bertz CT molecular complexity index is 757. The number of nitrogens with two attached hydrogens (primary N) is 1. The SMILES string of the molecule is Cc1cc(NC(=O)c2c[nH]c3ccc(N)cc23)on1. The normalized spacial score (nSPS) is 10.8. The highest BCUT2D eigenvalue weighted by Crippen LogP contribution is 2.22. The number of nitrogens with zero attached hydrogens (tertiary/aromatic N) is 1. The van der Waals surface area contributed by atoms with E-state index in [1.807, 2.05) is 6.07 Å². The van der Waals surface area contributed by atoms with E-state index in [0.717, 1.165) is 10.9 Å². The number of carbonyl (C=O) groups excluding carboxylic acids is 1. The number of aryl methyl sites for hydroxylation is 1. The summed E-state index contributed by atoms with van der Waals surface area (Å²) < 4.78 is 4.95. The zero-order valence-corrected chi connectivity index (χ0v) is 10.2. The minimum atomic E-state index is -0.270. The first kappa shape index (κ1) is 11.3. The van der Waals surface area contributed by atoms with Gasteiger partial charge >= 0.3 is 0 Å². The van der Waals surface area contributed by atoms with Crippen LogP contribution in [-0.2, 0) is 0 Å². The van der Waals surface area contributed by atoms with E-state index in [4.69, 9.17) is 10.3 Å². The highest BCUT2D eigenvalue weighted by Gasteiger charge is 2.14. The van der Waals surface area contributed by atoms with E-state index < -0.39 is 0 Å². The molecule has 1 amide bonds. The third kappa shape index (κ3) is 2.03. The van der Waals surface area contributed by atoms with Crippen molar-refractivity contribution in [1.29, 1.82) is 0 Å². The summed E-state index contributed by atoms with van der Waals surface area (Å²) >= 11 is 0. The highest BCUT2D eigenvalue weighted by molar-refractivity contribution is 6.12. The number of aromatic amines is 1. The molecule has 2 heterocycles. The predicted molar refractivity (Wildman–Crippen MR) is 71.9 cm³/mol. The minimum Gasteiger partial charge on any atom is -0.399 e. The summed E-state index contributed by atoms with van der Waals surface area (Å²) in [4.78, 5) is 15.2. The fraction of sp³-hybridized carbons (Fsp3) is 0.0769. The lowest BCUT2D eigenvalue weighted by Gasteiger charge is -2.00. The summed E-state index contributed by atoms with van der Waals surface area (Å²) in [6.07, 6.45) is 1.64. The fourth-order valence-electron chi connectivity index (χ4n) is 1.93. The van der Waals surface area contributed by atoms with Crippen LogP contribution in [0.25, 0.3) is 10.9 Å². The highest BCUT2D eigenvalue weighted by atomic mass is 16.5. The fourth-order valence-corrected chi connectivity index (χ4v) is 1.93. The molecule has 2 aromatic heterocycles. The maximum absolute atomic E-state index is 12.2. The molecular formula is C13H12N4O2. The summed E-state index contributed by atoms with van der Waals surface area (Å²) in [6, 6.07) is 7.02. The first-order valence-corrected chi connectivity index (χ1v) is 5.75. The first-order valence-electron chi connectivity index (χ1n) is 5.75. The molecule has 1 aromatic carbocycles. The van der Waals surface area contributed by atoms with E-state index in [-0.39, 0.29) is 5.91 Å². The second-order valence-corrected chi connectivity index (χ2v) is 4.29. The zero-order chi connectivity index (χ0) is 13.4. The molecule has 0 aliphatic heterocycles. The Morgan fingerprint density at radius 2 is 2.26 bits per heavy atom. The van der Waals surface area contributed by atoms with Crippen molar-refractivity contribution in [2.24, 2.45) is 0 Å². The van der Waals surface area contributed by atoms with E-state index in [2.05, 4.69) is 15.5 Å². The number of nitrogen functional groups attached to an aromatic ring is 1. The second kappa shape index (κ2) is 4.16. The second-order valence-electron chi connectivity index (χ2n) is 4.29. The van der Waals surface area contributed by atoms with Gasteiger partial charge in [0.25, 0.3) is 5.91 Å². The average molecular weight is 256 g/mol. The van der Waals surface area contributed by atoms with E-state index in [1.54, 1.807) is 31.3 Å². The lowest BCUT2D eigenvalue weighted by molar-refractivity contribution is 0.102. The van der Waals surface area contributed by atoms with Crippen molar-refractivity contribution in [3.63, 3.8) is 0 Å². The van der Waals surface area contributed by atoms with Gasteiger partial charge in [-0.25, -0.2) is 0 Å². The number of carbonyl (C=O) groups is 1. The molecule has 0 atom stereocenters. The Hall–Kier alpha value is -2.76. The number of hydrogen-bond acceptors (Lipinski definition) is 4. The van der Waals surface area contributed by atoms with Crippen molar-refractivity contribution in [3.05, 3.63) is 41.7 Å². The number of amides is 1. The molecule has 0 saturated carbocycles. The lowest BCUT2D eigenvalue weighted by Crippen LogP contribution is -2.10. The molecular weight excluding hydrogens is 244 g/mol. The van der Waals surface area contributed by atoms with Gasteiger partial charge in [-0.15, -0.1) is 0 Å². The lowest BCUT2D eigenvalue weighted by atomic mass is 10.1. The molecule has 3 aromatic rings. The number of nitrogens with one attached hydrogen (secondary N) is 2. The molecule has 0 aliphatic carbocycles. The van der Waals surface area contributed by atoms with Gasteiger partial charge in [0.2, 0.25) is 5.88 Å². The van der Waals surface area contributed by atoms with Crippen LogP contribution in [0.1, 0.15) is 16.1 Å². The van der Waals surface area contributed by atoms with Gasteiger partial charge in [-0.3, -0.25) is 10.1 Å². The summed E-state index contributed by atoms with van der Waals surface area (Å²) in [7, 11) is 0. The van der Waals surface area contributed by atoms with E-state index in [0.29, 0.717) is 22.8 Å². The van der Waals surface area contributed by atoms with Crippen LogP contribution in [0.4, 0.5) is 11.6 Å². The Kier molecular flexibility index (Phi) is 2.49. The largest absolute Gasteiger partial charge is 0.399 e. The molecule has 6 heteroatoms. The van der Waals surface area contributed by atoms with Crippen LogP contribution in [0.15, 0.2) is 35.0 Å². The molecule has 6 nitrogen and oxygen atoms in total. The van der Waals surface area contributed by atoms with E-state index >= 15 is 0 Å². The monoisotopic (exact) mass is 256 g/mol. The molecule has 0 aliphatic rings. The summed E-state index contributed by atoms with van der Waals surface area (Å²) in [5.41, 5.74) is 8.41. The molecule has 0 fully saturated rings. The Morgan fingerprint density at radius 1 is 1.42 bits per heavy atom. The minimum absolute atomic E-state index is 0.270. The van der Waals surface area contributed by atoms with Gasteiger partial charge in [0, 0.05) is 28.9 Å². The maximum Gasteiger partial charge on any atom is 0.260 e. The molecule has 96 valence electrons. The summed E-state index contributed by atoms with van der Waals surface area (Å²) in [5, 5.41) is 7.13. The van der Waals surface area contributed by atoms with Crippen molar-refractivity contribution >= 4 is 28.4 Å². The first-order chi connectivity index (χ1) is 9.13. The predicted octanol–water partition coefficient (Wildman–Crippen LogP) is 2.30. The Labute approximate surface area is 108 Å². The molecule has 0 radical (unpaired) electrons. The van der Waals surface area contributed by atoms with Crippen LogP contribution < -0.4 is 11.1 Å². The Balaban J connectivity index is 1.95. The molecule has 0 spiro atoms. The van der Waals surface area contributed by atoms with Crippen molar-refractivity contribution in [1.82, 2.24) is 10.1 Å². The van der Waals surface area contributed by atoms with Crippen LogP contribution >= 0.6 is 0 Å². The zero-order valence-electron chi connectivity index (χ0n) is 10.2. The number of aromatic nitrogens is 2. The summed E-state index contributed by atoms with van der Waals surface area (Å²) in [6.45, 7) is 1.78. The third-order valence-corrected chi connectivity index (χ3v) is 2.82. The number of anilines is 2. The van der Waals surface area contributed by atoms with Gasteiger partial charge < -0.3 is 15.2 Å². The van der Waals surface area contributed by atoms with Gasteiger partial charge in [-0.1, -0.05) is 5.16 Å². The number of rotatable bonds is 2. The number of fused-ring (bicyclic) bond motifs is 1. The van der Waals surface area contributed by atoms with Crippen molar-refractivity contribution in [2.45, 2.75) is 6.92 Å². The van der Waals surface area contributed by atoms with Crippen LogP contribution in [0.3, 0.4) is 0 Å². The van der Waals surface area contributed by atoms with Gasteiger partial charge in [0.15, 0.2) is 0 Å². The van der Waals surface area contributed by atoms with Crippen molar-refractivity contribution in [3.8, 4) is 0 Å². The molecule has 0 saturated heterocycles. The van der Waals surface area contributed by atoms with Crippen LogP contribution in [-0.4, -0.2) is 16.0 Å². The number of H-pyrrole nitrogens is 1. The molecule has 3 rings (SSSR count). The number of benzene rings is 1.